The maximum atomic E-state index is 3.44. The first-order chi connectivity index (χ1) is 8.24. The van der Waals surface area contributed by atoms with Gasteiger partial charge in [-0.2, -0.15) is 23.5 Å². The number of piperidine rings is 1. The van der Waals surface area contributed by atoms with Crippen molar-refractivity contribution in [2.24, 2.45) is 0 Å². The molecule has 2 fully saturated rings. The Kier molecular flexibility index (Phi) is 6.00. The summed E-state index contributed by atoms with van der Waals surface area (Å²) < 4.78 is 0. The molecule has 2 rings (SSSR count). The van der Waals surface area contributed by atoms with Crippen LogP contribution < -0.4 is 5.32 Å². The van der Waals surface area contributed by atoms with Crippen molar-refractivity contribution in [2.75, 3.05) is 38.5 Å². The minimum atomic E-state index is 0.822. The fourth-order valence-electron chi connectivity index (χ4n) is 2.78. The van der Waals surface area contributed by atoms with Gasteiger partial charge in [0.05, 0.1) is 0 Å². The molecule has 0 aromatic heterocycles. The van der Waals surface area contributed by atoms with Crippen molar-refractivity contribution in [2.45, 2.75) is 42.4 Å². The van der Waals surface area contributed by atoms with Crippen LogP contribution in [-0.4, -0.2) is 59.1 Å². The van der Waals surface area contributed by atoms with Gasteiger partial charge in [0.1, 0.15) is 0 Å². The summed E-state index contributed by atoms with van der Waals surface area (Å²) in [5.74, 6) is 1.33. The van der Waals surface area contributed by atoms with Crippen molar-refractivity contribution < 1.29 is 0 Å². The SMILES string of the molecule is CC1CN(CCSC2CCNCC2)CC(C)S1. The average molecular weight is 274 g/mol. The summed E-state index contributed by atoms with van der Waals surface area (Å²) in [6.07, 6.45) is 2.74. The highest BCUT2D eigenvalue weighted by Gasteiger charge is 2.22. The van der Waals surface area contributed by atoms with Crippen LogP contribution in [0, 0.1) is 0 Å². The van der Waals surface area contributed by atoms with E-state index >= 15 is 0 Å². The highest BCUT2D eigenvalue weighted by molar-refractivity contribution is 8.00. The number of thioether (sulfide) groups is 2. The van der Waals surface area contributed by atoms with Gasteiger partial charge in [-0.15, -0.1) is 0 Å². The Hall–Kier alpha value is 0.620. The first-order valence-electron chi connectivity index (χ1n) is 6.94. The van der Waals surface area contributed by atoms with Gasteiger partial charge in [0.25, 0.3) is 0 Å². The highest BCUT2D eigenvalue weighted by Crippen LogP contribution is 2.25. The van der Waals surface area contributed by atoms with Gasteiger partial charge >= 0.3 is 0 Å². The molecule has 4 heteroatoms. The van der Waals surface area contributed by atoms with Gasteiger partial charge < -0.3 is 10.2 Å². The number of hydrogen-bond acceptors (Lipinski definition) is 4. The fourth-order valence-corrected chi connectivity index (χ4v) is 5.43. The molecule has 2 aliphatic heterocycles. The molecule has 0 aliphatic carbocycles. The fraction of sp³-hybridized carbons (Fsp3) is 1.00. The van der Waals surface area contributed by atoms with Gasteiger partial charge in [0.2, 0.25) is 0 Å². The Morgan fingerprint density at radius 2 is 1.82 bits per heavy atom. The van der Waals surface area contributed by atoms with E-state index in [2.05, 4.69) is 47.6 Å². The van der Waals surface area contributed by atoms with E-state index in [1.165, 1.54) is 51.3 Å². The maximum absolute atomic E-state index is 3.44. The molecule has 17 heavy (non-hydrogen) atoms. The third kappa shape index (κ3) is 5.01. The second-order valence-electron chi connectivity index (χ2n) is 5.34. The predicted octanol–water partition coefficient (Wildman–Crippen LogP) is 2.30. The van der Waals surface area contributed by atoms with Crippen LogP contribution in [0.3, 0.4) is 0 Å². The third-order valence-corrected chi connectivity index (χ3v) is 6.13. The number of nitrogens with zero attached hydrogens (tertiary/aromatic N) is 1. The van der Waals surface area contributed by atoms with Gasteiger partial charge in [-0.1, -0.05) is 13.8 Å². The van der Waals surface area contributed by atoms with Crippen LogP contribution in [-0.2, 0) is 0 Å². The topological polar surface area (TPSA) is 15.3 Å². The smallest absolute Gasteiger partial charge is 0.0149 e. The Balaban J connectivity index is 1.60. The van der Waals surface area contributed by atoms with Crippen LogP contribution in [0.25, 0.3) is 0 Å². The van der Waals surface area contributed by atoms with Crippen molar-refractivity contribution in [3.05, 3.63) is 0 Å². The van der Waals surface area contributed by atoms with E-state index in [9.17, 15) is 0 Å². The molecular formula is C13H26N2S2. The van der Waals surface area contributed by atoms with Crippen LogP contribution in [0.2, 0.25) is 0 Å². The monoisotopic (exact) mass is 274 g/mol. The quantitative estimate of drug-likeness (QED) is 0.846. The van der Waals surface area contributed by atoms with Crippen LogP contribution in [0.1, 0.15) is 26.7 Å². The summed E-state index contributed by atoms with van der Waals surface area (Å²) in [6.45, 7) is 11.1. The first-order valence-corrected chi connectivity index (χ1v) is 8.93. The summed E-state index contributed by atoms with van der Waals surface area (Å²) in [7, 11) is 0. The Morgan fingerprint density at radius 3 is 2.47 bits per heavy atom. The minimum absolute atomic E-state index is 0.822. The number of rotatable bonds is 4. The van der Waals surface area contributed by atoms with Gasteiger partial charge in [0.15, 0.2) is 0 Å². The van der Waals surface area contributed by atoms with Crippen molar-refractivity contribution in [3.8, 4) is 0 Å². The summed E-state index contributed by atoms with van der Waals surface area (Å²) >= 11 is 4.35. The molecule has 0 bridgehead atoms. The number of hydrogen-bond donors (Lipinski definition) is 1. The molecule has 2 unspecified atom stereocenters. The van der Waals surface area contributed by atoms with Gasteiger partial charge in [0, 0.05) is 41.1 Å². The molecule has 0 amide bonds. The Labute approximate surface area is 115 Å². The Morgan fingerprint density at radius 1 is 1.18 bits per heavy atom. The number of nitrogens with one attached hydrogen (secondary N) is 1. The standard InChI is InChI=1S/C13H26N2S2/c1-11-9-15(10-12(2)17-11)7-8-16-13-3-5-14-6-4-13/h11-14H,3-10H2,1-2H3. The zero-order valence-corrected chi connectivity index (χ0v) is 12.8. The minimum Gasteiger partial charge on any atom is -0.317 e. The normalized spacial score (nSPS) is 32.8. The van der Waals surface area contributed by atoms with Gasteiger partial charge in [-0.3, -0.25) is 0 Å². The van der Waals surface area contributed by atoms with E-state index in [4.69, 9.17) is 0 Å². The molecule has 0 aromatic rings. The second kappa shape index (κ2) is 7.27. The highest BCUT2D eigenvalue weighted by atomic mass is 32.2. The lowest BCUT2D eigenvalue weighted by Crippen LogP contribution is -2.41. The largest absolute Gasteiger partial charge is 0.317 e. The predicted molar refractivity (Wildman–Crippen MR) is 81.3 cm³/mol. The van der Waals surface area contributed by atoms with E-state index in [1.807, 2.05) is 0 Å². The zero-order valence-electron chi connectivity index (χ0n) is 11.2. The first kappa shape index (κ1) is 14.0. The van der Waals surface area contributed by atoms with Crippen molar-refractivity contribution in [1.82, 2.24) is 10.2 Å². The van der Waals surface area contributed by atoms with E-state index < -0.39 is 0 Å². The molecular weight excluding hydrogens is 248 g/mol. The Bertz CT molecular complexity index is 209. The summed E-state index contributed by atoms with van der Waals surface area (Å²) in [5, 5.41) is 6.00. The van der Waals surface area contributed by atoms with E-state index in [0.717, 1.165) is 15.7 Å². The molecule has 2 saturated heterocycles. The third-order valence-electron chi connectivity index (χ3n) is 3.54. The molecule has 100 valence electrons. The molecule has 0 aromatic carbocycles. The lowest BCUT2D eigenvalue weighted by Gasteiger charge is -2.34. The molecule has 2 aliphatic rings. The zero-order chi connectivity index (χ0) is 12.1. The average Bonchev–Trinajstić information content (AvgIpc) is 2.29. The van der Waals surface area contributed by atoms with Crippen molar-refractivity contribution in [3.63, 3.8) is 0 Å². The molecule has 2 heterocycles. The van der Waals surface area contributed by atoms with Crippen molar-refractivity contribution >= 4 is 23.5 Å². The molecule has 2 atom stereocenters. The molecule has 2 nitrogen and oxygen atoms in total. The molecule has 0 radical (unpaired) electrons. The van der Waals surface area contributed by atoms with Crippen molar-refractivity contribution in [1.29, 1.82) is 0 Å². The second-order valence-corrected chi connectivity index (χ2v) is 8.63. The summed E-state index contributed by atoms with van der Waals surface area (Å²) in [6, 6.07) is 0. The van der Waals surface area contributed by atoms with Gasteiger partial charge in [-0.25, -0.2) is 0 Å². The van der Waals surface area contributed by atoms with E-state index in [1.54, 1.807) is 0 Å². The van der Waals surface area contributed by atoms with Crippen LogP contribution in [0.15, 0.2) is 0 Å². The summed E-state index contributed by atoms with van der Waals surface area (Å²) in [5.41, 5.74) is 0. The molecule has 0 spiro atoms. The van der Waals surface area contributed by atoms with Crippen LogP contribution in [0.5, 0.6) is 0 Å². The van der Waals surface area contributed by atoms with Crippen LogP contribution >= 0.6 is 23.5 Å². The lowest BCUT2D eigenvalue weighted by atomic mass is 10.2. The summed E-state index contributed by atoms with van der Waals surface area (Å²) in [4.78, 5) is 2.67. The van der Waals surface area contributed by atoms with Crippen LogP contribution in [0.4, 0.5) is 0 Å². The van der Waals surface area contributed by atoms with E-state index in [-0.39, 0.29) is 0 Å². The molecule has 1 N–H and O–H groups in total. The maximum Gasteiger partial charge on any atom is 0.0149 e. The van der Waals surface area contributed by atoms with Gasteiger partial charge in [-0.05, 0) is 25.9 Å². The van der Waals surface area contributed by atoms with E-state index in [0.29, 0.717) is 0 Å². The lowest BCUT2D eigenvalue weighted by molar-refractivity contribution is 0.287. The molecule has 0 saturated carbocycles.